The van der Waals surface area contributed by atoms with Crippen LogP contribution in [0.5, 0.6) is 0 Å². The highest BCUT2D eigenvalue weighted by molar-refractivity contribution is 5.99. The minimum atomic E-state index is -1.46. The summed E-state index contributed by atoms with van der Waals surface area (Å²) >= 11 is 0. The number of ether oxygens (including phenoxy) is 3. The minimum Gasteiger partial charge on any atom is -0.455 e. The molecule has 7 rings (SSSR count). The van der Waals surface area contributed by atoms with Crippen LogP contribution in [-0.4, -0.2) is 120 Å². The summed E-state index contributed by atoms with van der Waals surface area (Å²) < 4.78 is 18.4. The van der Waals surface area contributed by atoms with Gasteiger partial charge in [-0.3, -0.25) is 24.1 Å². The lowest BCUT2D eigenvalue weighted by molar-refractivity contribution is -0.162. The molecule has 51 heavy (non-hydrogen) atoms. The number of carbonyl (C=O) groups excluding carboxylic acids is 4. The Kier molecular flexibility index (Phi) is 10.4. The average Bonchev–Trinajstić information content (AvgIpc) is 3.80. The molecular weight excluding hydrogens is 652 g/mol. The van der Waals surface area contributed by atoms with Crippen molar-refractivity contribution in [3.63, 3.8) is 0 Å². The van der Waals surface area contributed by atoms with Crippen LogP contribution in [0.2, 0.25) is 0 Å². The Hall–Kier alpha value is -4.36. The van der Waals surface area contributed by atoms with Crippen molar-refractivity contribution in [2.45, 2.75) is 55.7 Å². The zero-order chi connectivity index (χ0) is 35.5. The lowest BCUT2D eigenvalue weighted by Gasteiger charge is -2.39. The maximum Gasteiger partial charge on any atom is 0.313 e. The van der Waals surface area contributed by atoms with E-state index in [0.29, 0.717) is 43.9 Å². The fourth-order valence-corrected chi connectivity index (χ4v) is 8.31. The predicted molar refractivity (Wildman–Crippen MR) is 186 cm³/mol. The van der Waals surface area contributed by atoms with Gasteiger partial charge in [0.05, 0.1) is 43.9 Å². The van der Waals surface area contributed by atoms with E-state index in [9.17, 15) is 19.5 Å². The number of likely N-dealkylation sites (tertiary alicyclic amines) is 1. The number of fused-ring (bicyclic) bond motifs is 2. The van der Waals surface area contributed by atoms with Crippen molar-refractivity contribution in [1.82, 2.24) is 20.0 Å². The van der Waals surface area contributed by atoms with Gasteiger partial charge in [-0.05, 0) is 24.5 Å². The molecule has 3 fully saturated rings. The zero-order valence-corrected chi connectivity index (χ0v) is 28.8. The van der Waals surface area contributed by atoms with Crippen LogP contribution >= 0.6 is 0 Å². The van der Waals surface area contributed by atoms with E-state index >= 15 is 4.79 Å². The number of amides is 3. The molecular formula is C39H46N4O8. The quantitative estimate of drug-likeness (QED) is 0.329. The summed E-state index contributed by atoms with van der Waals surface area (Å²) in [5, 5.41) is 13.9. The summed E-state index contributed by atoms with van der Waals surface area (Å²) in [4.78, 5) is 62.8. The molecule has 3 amide bonds. The molecule has 270 valence electrons. The summed E-state index contributed by atoms with van der Waals surface area (Å²) in [5.41, 5.74) is -0.101. The number of nitrogens with zero attached hydrogens (tertiary/aromatic N) is 3. The van der Waals surface area contributed by atoms with Gasteiger partial charge in [0.15, 0.2) is 0 Å². The summed E-state index contributed by atoms with van der Waals surface area (Å²) in [6.45, 7) is 5.27. The summed E-state index contributed by atoms with van der Waals surface area (Å²) in [6.07, 6.45) is 6.31. The Labute approximate surface area is 298 Å². The Balaban J connectivity index is 1.30. The van der Waals surface area contributed by atoms with E-state index in [-0.39, 0.29) is 24.8 Å². The summed E-state index contributed by atoms with van der Waals surface area (Å²) in [7, 11) is 0. The third kappa shape index (κ3) is 6.73. The molecule has 8 atom stereocenters. The number of morpholine rings is 1. The number of rotatable bonds is 7. The van der Waals surface area contributed by atoms with E-state index in [1.54, 1.807) is 24.0 Å². The third-order valence-corrected chi connectivity index (χ3v) is 10.9. The SMILES string of the molecule is C[C@@H]1NC(=O)CC/C=C\CN(CCN2CCOCC2)C(=O)[C@H]2N([C@H](CO)c3ccccc3)C(=O)[C@@H]3[C@@H](C(=O)O[C@H]1c1ccccc1)[C@H]1C=C[C@]32O1. The van der Waals surface area contributed by atoms with E-state index in [2.05, 4.69) is 10.2 Å². The van der Waals surface area contributed by atoms with Gasteiger partial charge in [0.25, 0.3) is 0 Å². The van der Waals surface area contributed by atoms with Crippen LogP contribution in [0.25, 0.3) is 0 Å². The molecule has 0 saturated carbocycles. The average molecular weight is 699 g/mol. The highest BCUT2D eigenvalue weighted by Crippen LogP contribution is 2.57. The summed E-state index contributed by atoms with van der Waals surface area (Å²) in [5.74, 6) is -3.75. The maximum absolute atomic E-state index is 15.1. The first kappa shape index (κ1) is 35.1. The highest BCUT2D eigenvalue weighted by Gasteiger charge is 2.74. The normalized spacial score (nSPS) is 32.8. The lowest BCUT2D eigenvalue weighted by Crippen LogP contribution is -2.57. The van der Waals surface area contributed by atoms with Crippen LogP contribution in [0.4, 0.5) is 0 Å². The molecule has 0 aliphatic carbocycles. The molecule has 5 aliphatic rings. The van der Waals surface area contributed by atoms with Crippen molar-refractivity contribution in [1.29, 1.82) is 0 Å². The topological polar surface area (TPSA) is 138 Å². The van der Waals surface area contributed by atoms with Gasteiger partial charge in [-0.25, -0.2) is 0 Å². The van der Waals surface area contributed by atoms with Gasteiger partial charge in [-0.2, -0.15) is 0 Å². The number of allylic oxidation sites excluding steroid dienone is 1. The van der Waals surface area contributed by atoms with Gasteiger partial charge in [0.2, 0.25) is 17.7 Å². The van der Waals surface area contributed by atoms with Crippen molar-refractivity contribution >= 4 is 23.7 Å². The monoisotopic (exact) mass is 698 g/mol. The van der Waals surface area contributed by atoms with Crippen LogP contribution in [0.15, 0.2) is 85.0 Å². The number of nitrogens with one attached hydrogen (secondary N) is 1. The van der Waals surface area contributed by atoms with Crippen molar-refractivity contribution < 1.29 is 38.5 Å². The molecule has 12 nitrogen and oxygen atoms in total. The molecule has 5 bridgehead atoms. The fourth-order valence-electron chi connectivity index (χ4n) is 8.31. The van der Waals surface area contributed by atoms with E-state index in [1.807, 2.05) is 72.8 Å². The number of esters is 1. The second kappa shape index (κ2) is 15.1. The number of aliphatic hydroxyl groups is 1. The number of hydrogen-bond acceptors (Lipinski definition) is 9. The van der Waals surface area contributed by atoms with Crippen molar-refractivity contribution in [3.05, 3.63) is 96.1 Å². The number of hydrogen-bond donors (Lipinski definition) is 2. The van der Waals surface area contributed by atoms with Gasteiger partial charge >= 0.3 is 5.97 Å². The molecule has 5 heterocycles. The Morgan fingerprint density at radius 1 is 0.941 bits per heavy atom. The van der Waals surface area contributed by atoms with E-state index in [0.717, 1.165) is 13.1 Å². The van der Waals surface area contributed by atoms with Crippen LogP contribution in [0.1, 0.15) is 43.0 Å². The lowest BCUT2D eigenvalue weighted by atomic mass is 9.74. The van der Waals surface area contributed by atoms with Gasteiger partial charge < -0.3 is 34.4 Å². The molecule has 1 spiro atoms. The second-order valence-corrected chi connectivity index (χ2v) is 13.9. The Morgan fingerprint density at radius 3 is 2.39 bits per heavy atom. The number of cyclic esters (lactones) is 1. The third-order valence-electron chi connectivity index (χ3n) is 10.9. The van der Waals surface area contributed by atoms with Crippen molar-refractivity contribution in [2.24, 2.45) is 11.8 Å². The van der Waals surface area contributed by atoms with Crippen molar-refractivity contribution in [2.75, 3.05) is 52.5 Å². The standard InChI is InChI=1S/C39H46N4O8/c1-26-34(28-13-7-3-8-14-28)50-38(48)32-30-16-17-39(51-30)33(32)36(46)43(29(25-44)27-11-5-2-6-12-27)35(39)37(47)42(18-10-4-9-15-31(45)40-26)20-19-41-21-23-49-24-22-41/h2-8,10-14,16-17,26,29-30,32-35,44H,9,15,18-25H2,1H3,(H,40,45)/b10-4-/t26-,29+,30+,32-,33-,34+,35+,39-/m0/s1. The number of aliphatic hydroxyl groups excluding tert-OH is 1. The molecule has 2 aromatic carbocycles. The fraction of sp³-hybridized carbons (Fsp3) is 0.487. The maximum atomic E-state index is 15.1. The number of carbonyl (C=O) groups is 4. The van der Waals surface area contributed by atoms with Gasteiger partial charge in [0.1, 0.15) is 23.7 Å². The van der Waals surface area contributed by atoms with E-state index in [4.69, 9.17) is 14.2 Å². The van der Waals surface area contributed by atoms with Gasteiger partial charge in [-0.15, -0.1) is 0 Å². The number of benzene rings is 2. The Morgan fingerprint density at radius 2 is 1.67 bits per heavy atom. The van der Waals surface area contributed by atoms with Crippen LogP contribution in [-0.2, 0) is 33.4 Å². The molecule has 0 radical (unpaired) electrons. The first-order valence-electron chi connectivity index (χ1n) is 18.0. The highest BCUT2D eigenvalue weighted by atomic mass is 16.6. The van der Waals surface area contributed by atoms with Gasteiger partial charge in [-0.1, -0.05) is 85.0 Å². The van der Waals surface area contributed by atoms with E-state index < -0.39 is 66.3 Å². The van der Waals surface area contributed by atoms with Crippen LogP contribution < -0.4 is 5.32 Å². The molecule has 2 aromatic rings. The van der Waals surface area contributed by atoms with Crippen LogP contribution in [0, 0.1) is 11.8 Å². The minimum absolute atomic E-state index is 0.195. The van der Waals surface area contributed by atoms with E-state index in [1.165, 1.54) is 4.90 Å². The predicted octanol–water partition coefficient (Wildman–Crippen LogP) is 2.17. The molecule has 5 aliphatic heterocycles. The van der Waals surface area contributed by atoms with Crippen molar-refractivity contribution in [3.8, 4) is 0 Å². The molecule has 12 heteroatoms. The molecule has 3 saturated heterocycles. The Bertz CT molecular complexity index is 1650. The molecule has 0 aromatic heterocycles. The molecule has 2 N–H and O–H groups in total. The summed E-state index contributed by atoms with van der Waals surface area (Å²) in [6, 6.07) is 15.7. The second-order valence-electron chi connectivity index (χ2n) is 13.9. The smallest absolute Gasteiger partial charge is 0.313 e. The molecule has 0 unspecified atom stereocenters. The van der Waals surface area contributed by atoms with Gasteiger partial charge in [0, 0.05) is 39.1 Å². The zero-order valence-electron chi connectivity index (χ0n) is 28.8. The largest absolute Gasteiger partial charge is 0.455 e. The first-order valence-corrected chi connectivity index (χ1v) is 18.0. The van der Waals surface area contributed by atoms with Crippen LogP contribution in [0.3, 0.4) is 0 Å². The first-order chi connectivity index (χ1) is 24.8.